The number of hydrogen-bond donors (Lipinski definition) is 1. The molecule has 4 aromatic rings. The number of nitrogens with zero attached hydrogens (tertiary/aromatic N) is 6. The molecule has 168 valence electrons. The van der Waals surface area contributed by atoms with Crippen LogP contribution in [-0.2, 0) is 11.8 Å². The molecule has 0 aliphatic rings. The molecular formula is C22H19BrClN7OS. The zero-order valence-corrected chi connectivity index (χ0v) is 20.9. The minimum atomic E-state index is -0.271. The molecule has 33 heavy (non-hydrogen) atoms. The van der Waals surface area contributed by atoms with Gasteiger partial charge in [-0.25, -0.2) is 10.1 Å². The zero-order chi connectivity index (χ0) is 23.4. The van der Waals surface area contributed by atoms with Crippen LogP contribution in [0.1, 0.15) is 11.3 Å². The summed E-state index contributed by atoms with van der Waals surface area (Å²) >= 11 is 11.2. The number of amides is 1. The fraction of sp³-hybridized carbons (Fsp3) is 0.136. The maximum Gasteiger partial charge on any atom is 0.250 e. The lowest BCUT2D eigenvalue weighted by atomic mass is 10.2. The molecule has 1 amide bonds. The lowest BCUT2D eigenvalue weighted by Gasteiger charge is -2.04. The molecule has 0 atom stereocenters. The Morgan fingerprint density at radius 3 is 2.76 bits per heavy atom. The minimum Gasteiger partial charge on any atom is -0.305 e. The maximum atomic E-state index is 12.3. The molecule has 0 aliphatic heterocycles. The van der Waals surface area contributed by atoms with Crippen LogP contribution >= 0.6 is 39.3 Å². The smallest absolute Gasteiger partial charge is 0.250 e. The third-order valence-electron chi connectivity index (χ3n) is 4.68. The summed E-state index contributed by atoms with van der Waals surface area (Å²) in [5.74, 6) is 0.586. The molecule has 0 unspecified atom stereocenters. The standard InChI is InChI=1S/C22H19BrClN7OS/c1-14-18(20(24)31(29-14)17-9-4-3-5-10-17)12-25-26-19(32)13-33-22-28-27-21(30(22)2)15-7-6-8-16(23)11-15/h3-12H,13H2,1-2H3,(H,26,32). The van der Waals surface area contributed by atoms with Gasteiger partial charge < -0.3 is 4.57 Å². The van der Waals surface area contributed by atoms with Crippen LogP contribution in [-0.4, -0.2) is 42.4 Å². The van der Waals surface area contributed by atoms with E-state index in [1.165, 1.54) is 18.0 Å². The molecule has 0 aliphatic carbocycles. The Morgan fingerprint density at radius 2 is 2.00 bits per heavy atom. The molecule has 11 heteroatoms. The van der Waals surface area contributed by atoms with Gasteiger partial charge in [-0.05, 0) is 31.2 Å². The van der Waals surface area contributed by atoms with Gasteiger partial charge in [0, 0.05) is 17.1 Å². The van der Waals surface area contributed by atoms with Crippen molar-refractivity contribution < 1.29 is 4.79 Å². The molecule has 0 fully saturated rings. The fourth-order valence-electron chi connectivity index (χ4n) is 3.05. The number of halogens is 2. The van der Waals surface area contributed by atoms with Crippen LogP contribution in [0, 0.1) is 6.92 Å². The molecule has 1 N–H and O–H groups in total. The number of rotatable bonds is 7. The van der Waals surface area contributed by atoms with Gasteiger partial charge in [-0.2, -0.15) is 10.2 Å². The van der Waals surface area contributed by atoms with Crippen LogP contribution in [0.25, 0.3) is 17.1 Å². The SMILES string of the molecule is Cc1nn(-c2ccccc2)c(Cl)c1C=NNC(=O)CSc1nnc(-c2cccc(Br)c2)n1C. The highest BCUT2D eigenvalue weighted by Crippen LogP contribution is 2.25. The van der Waals surface area contributed by atoms with Crippen molar-refractivity contribution in [2.75, 3.05) is 5.75 Å². The zero-order valence-electron chi connectivity index (χ0n) is 17.7. The van der Waals surface area contributed by atoms with Gasteiger partial charge in [-0.1, -0.05) is 69.6 Å². The van der Waals surface area contributed by atoms with E-state index in [-0.39, 0.29) is 11.7 Å². The van der Waals surface area contributed by atoms with Gasteiger partial charge in [0.25, 0.3) is 5.91 Å². The highest BCUT2D eigenvalue weighted by atomic mass is 79.9. The molecule has 2 aromatic heterocycles. The van der Waals surface area contributed by atoms with Crippen LogP contribution in [0.4, 0.5) is 0 Å². The third kappa shape index (κ3) is 5.35. The fourth-order valence-corrected chi connectivity index (χ4v) is 4.47. The van der Waals surface area contributed by atoms with E-state index in [2.05, 4.69) is 41.8 Å². The molecule has 0 saturated heterocycles. The normalized spacial score (nSPS) is 11.3. The predicted molar refractivity (Wildman–Crippen MR) is 134 cm³/mol. The van der Waals surface area contributed by atoms with Gasteiger partial charge in [-0.15, -0.1) is 10.2 Å². The summed E-state index contributed by atoms with van der Waals surface area (Å²) in [4.78, 5) is 12.3. The second-order valence-electron chi connectivity index (χ2n) is 6.99. The second kappa shape index (κ2) is 10.3. The van der Waals surface area contributed by atoms with Gasteiger partial charge >= 0.3 is 0 Å². The van der Waals surface area contributed by atoms with Crippen molar-refractivity contribution in [2.45, 2.75) is 12.1 Å². The average molecular weight is 545 g/mol. The minimum absolute atomic E-state index is 0.137. The van der Waals surface area contributed by atoms with Crippen LogP contribution in [0.3, 0.4) is 0 Å². The Morgan fingerprint density at radius 1 is 1.21 bits per heavy atom. The summed E-state index contributed by atoms with van der Waals surface area (Å²) in [6.07, 6.45) is 1.50. The first kappa shape index (κ1) is 23.2. The maximum absolute atomic E-state index is 12.3. The first-order valence-electron chi connectivity index (χ1n) is 9.84. The molecule has 0 bridgehead atoms. The highest BCUT2D eigenvalue weighted by molar-refractivity contribution is 9.10. The molecule has 8 nitrogen and oxygen atoms in total. The van der Waals surface area contributed by atoms with Crippen LogP contribution in [0.15, 0.2) is 69.3 Å². The summed E-state index contributed by atoms with van der Waals surface area (Å²) in [6, 6.07) is 17.4. The van der Waals surface area contributed by atoms with Crippen molar-refractivity contribution in [1.29, 1.82) is 0 Å². The van der Waals surface area contributed by atoms with Crippen molar-refractivity contribution in [3.05, 3.63) is 75.5 Å². The Bertz CT molecular complexity index is 1320. The number of hydrogen-bond acceptors (Lipinski definition) is 6. The number of aryl methyl sites for hydroxylation is 1. The van der Waals surface area contributed by atoms with E-state index in [0.29, 0.717) is 21.6 Å². The number of hydrazone groups is 1. The molecule has 2 heterocycles. The van der Waals surface area contributed by atoms with E-state index in [0.717, 1.165) is 21.5 Å². The van der Waals surface area contributed by atoms with Crippen LogP contribution < -0.4 is 5.43 Å². The van der Waals surface area contributed by atoms with Crippen molar-refractivity contribution >= 4 is 51.4 Å². The summed E-state index contributed by atoms with van der Waals surface area (Å²) in [5.41, 5.74) is 5.64. The first-order valence-corrected chi connectivity index (χ1v) is 12.0. The molecule has 4 rings (SSSR count). The Kier molecular flexibility index (Phi) is 7.26. The topological polar surface area (TPSA) is 90.0 Å². The van der Waals surface area contributed by atoms with Crippen molar-refractivity contribution in [1.82, 2.24) is 30.0 Å². The summed E-state index contributed by atoms with van der Waals surface area (Å²) in [5, 5.41) is 18.0. The quantitative estimate of drug-likeness (QED) is 0.208. The van der Waals surface area contributed by atoms with Crippen molar-refractivity contribution in [3.63, 3.8) is 0 Å². The van der Waals surface area contributed by atoms with Crippen LogP contribution in [0.2, 0.25) is 5.15 Å². The number of benzene rings is 2. The number of aromatic nitrogens is 5. The number of carbonyl (C=O) groups is 1. The van der Waals surface area contributed by atoms with Gasteiger partial charge in [0.15, 0.2) is 11.0 Å². The lowest BCUT2D eigenvalue weighted by Crippen LogP contribution is -2.20. The highest BCUT2D eigenvalue weighted by Gasteiger charge is 2.14. The van der Waals surface area contributed by atoms with Gasteiger partial charge in [0.1, 0.15) is 5.15 Å². The molecule has 0 spiro atoms. The summed E-state index contributed by atoms with van der Waals surface area (Å²) in [7, 11) is 1.86. The average Bonchev–Trinajstić information content (AvgIpc) is 3.32. The van der Waals surface area contributed by atoms with Gasteiger partial charge in [0.05, 0.1) is 28.9 Å². The van der Waals surface area contributed by atoms with Gasteiger partial charge in [-0.3, -0.25) is 4.79 Å². The summed E-state index contributed by atoms with van der Waals surface area (Å²) in [6.45, 7) is 1.83. The first-order chi connectivity index (χ1) is 15.9. The third-order valence-corrected chi connectivity index (χ3v) is 6.56. The Hall–Kier alpha value is -2.95. The predicted octanol–water partition coefficient (Wildman–Crippen LogP) is 4.63. The number of carbonyl (C=O) groups excluding carboxylic acids is 1. The molecular weight excluding hydrogens is 526 g/mol. The number of thioether (sulfide) groups is 1. The largest absolute Gasteiger partial charge is 0.305 e. The van der Waals surface area contributed by atoms with E-state index in [1.54, 1.807) is 4.68 Å². The van der Waals surface area contributed by atoms with Gasteiger partial charge in [0.2, 0.25) is 0 Å². The Balaban J connectivity index is 1.37. The second-order valence-corrected chi connectivity index (χ2v) is 9.21. The summed E-state index contributed by atoms with van der Waals surface area (Å²) < 4.78 is 4.44. The monoisotopic (exact) mass is 543 g/mol. The van der Waals surface area contributed by atoms with Crippen LogP contribution in [0.5, 0.6) is 0 Å². The number of para-hydroxylation sites is 1. The lowest BCUT2D eigenvalue weighted by molar-refractivity contribution is -0.118. The molecule has 0 radical (unpaired) electrons. The van der Waals surface area contributed by atoms with E-state index in [9.17, 15) is 4.79 Å². The van der Waals surface area contributed by atoms with Crippen molar-refractivity contribution in [3.8, 4) is 17.1 Å². The van der Waals surface area contributed by atoms with E-state index in [4.69, 9.17) is 11.6 Å². The van der Waals surface area contributed by atoms with E-state index >= 15 is 0 Å². The molecule has 0 saturated carbocycles. The van der Waals surface area contributed by atoms with Crippen molar-refractivity contribution in [2.24, 2.45) is 12.1 Å². The molecule has 2 aromatic carbocycles. The number of nitrogens with one attached hydrogen (secondary N) is 1. The van der Waals surface area contributed by atoms with E-state index in [1.807, 2.05) is 73.1 Å². The van der Waals surface area contributed by atoms with E-state index < -0.39 is 0 Å². The Labute approximate surface area is 208 Å².